The van der Waals surface area contributed by atoms with E-state index in [4.69, 9.17) is 16.6 Å². The minimum Gasteiger partial charge on any atom is -0.459 e. The standard InChI is InChI=1S/C22H23FN4OS/c1-26(2)13-14-27-21(20(25-22(27)29)17-5-3-4-12-24-17)19-11-10-18(28-19)15-6-8-16(23)9-7-15/h3-12,20-21H,13-14H2,1-2H3,(H,25,29)/t20-,21+/m1/s1. The molecule has 1 aliphatic rings. The number of rotatable bonds is 6. The summed E-state index contributed by atoms with van der Waals surface area (Å²) in [7, 11) is 4.08. The van der Waals surface area contributed by atoms with Crippen LogP contribution in [0.3, 0.4) is 0 Å². The van der Waals surface area contributed by atoms with Crippen LogP contribution in [-0.2, 0) is 0 Å². The van der Waals surface area contributed by atoms with Gasteiger partial charge in [-0.15, -0.1) is 0 Å². The lowest BCUT2D eigenvalue weighted by atomic mass is 10.0. The van der Waals surface area contributed by atoms with Crippen LogP contribution in [-0.4, -0.2) is 47.1 Å². The lowest BCUT2D eigenvalue weighted by Crippen LogP contribution is -2.35. The van der Waals surface area contributed by atoms with Crippen molar-refractivity contribution in [2.24, 2.45) is 0 Å². The number of nitrogens with zero attached hydrogens (tertiary/aromatic N) is 3. The van der Waals surface area contributed by atoms with E-state index in [0.29, 0.717) is 10.9 Å². The van der Waals surface area contributed by atoms with Crippen LogP contribution in [0.1, 0.15) is 23.5 Å². The molecule has 3 aromatic rings. The zero-order valence-corrected chi connectivity index (χ0v) is 17.2. The Morgan fingerprint density at radius 3 is 2.62 bits per heavy atom. The number of halogens is 1. The maximum absolute atomic E-state index is 13.3. The molecule has 29 heavy (non-hydrogen) atoms. The number of likely N-dealkylation sites (N-methyl/N-ethyl adjacent to an activating group) is 1. The zero-order chi connectivity index (χ0) is 20.4. The van der Waals surface area contributed by atoms with E-state index in [-0.39, 0.29) is 17.9 Å². The molecule has 1 fully saturated rings. The Balaban J connectivity index is 1.69. The van der Waals surface area contributed by atoms with Gasteiger partial charge in [0.15, 0.2) is 5.11 Å². The topological polar surface area (TPSA) is 44.5 Å². The van der Waals surface area contributed by atoms with Crippen LogP contribution in [0.4, 0.5) is 4.39 Å². The fraction of sp³-hybridized carbons (Fsp3) is 0.273. The van der Waals surface area contributed by atoms with Gasteiger partial charge in [0.1, 0.15) is 23.4 Å². The summed E-state index contributed by atoms with van der Waals surface area (Å²) in [6.07, 6.45) is 1.78. The first-order valence-corrected chi connectivity index (χ1v) is 9.92. The number of hydrogen-bond acceptors (Lipinski definition) is 4. The van der Waals surface area contributed by atoms with Crippen LogP contribution in [0, 0.1) is 5.82 Å². The van der Waals surface area contributed by atoms with Gasteiger partial charge >= 0.3 is 0 Å². The normalized spacial score (nSPS) is 19.0. The number of nitrogens with one attached hydrogen (secondary N) is 1. The first kappa shape index (κ1) is 19.5. The monoisotopic (exact) mass is 410 g/mol. The van der Waals surface area contributed by atoms with Crippen LogP contribution in [0.15, 0.2) is 65.2 Å². The van der Waals surface area contributed by atoms with Crippen LogP contribution >= 0.6 is 12.2 Å². The van der Waals surface area contributed by atoms with Crippen molar-refractivity contribution in [3.05, 3.63) is 78.1 Å². The number of aromatic nitrogens is 1. The predicted octanol–water partition coefficient (Wildman–Crippen LogP) is 4.01. The fourth-order valence-electron chi connectivity index (χ4n) is 3.54. The highest BCUT2D eigenvalue weighted by atomic mass is 32.1. The molecule has 0 unspecified atom stereocenters. The van der Waals surface area contributed by atoms with Crippen molar-refractivity contribution in [2.45, 2.75) is 12.1 Å². The van der Waals surface area contributed by atoms with Crippen molar-refractivity contribution >= 4 is 17.3 Å². The Hall–Kier alpha value is -2.77. The van der Waals surface area contributed by atoms with E-state index in [1.54, 1.807) is 18.3 Å². The van der Waals surface area contributed by atoms with Crippen molar-refractivity contribution in [3.63, 3.8) is 0 Å². The quantitative estimate of drug-likeness (QED) is 0.620. The molecule has 2 atom stereocenters. The molecule has 1 saturated heterocycles. The van der Waals surface area contributed by atoms with Crippen molar-refractivity contribution in [3.8, 4) is 11.3 Å². The number of hydrogen-bond donors (Lipinski definition) is 1. The molecule has 150 valence electrons. The maximum Gasteiger partial charge on any atom is 0.170 e. The van der Waals surface area contributed by atoms with Gasteiger partial charge in [-0.05, 0) is 74.8 Å². The van der Waals surface area contributed by atoms with Gasteiger partial charge in [0.05, 0.1) is 11.7 Å². The molecule has 7 heteroatoms. The van der Waals surface area contributed by atoms with E-state index in [1.807, 2.05) is 44.4 Å². The molecule has 1 aromatic carbocycles. The molecule has 0 spiro atoms. The lowest BCUT2D eigenvalue weighted by Gasteiger charge is -2.27. The van der Waals surface area contributed by atoms with Gasteiger partial charge in [0.2, 0.25) is 0 Å². The first-order valence-electron chi connectivity index (χ1n) is 9.51. The highest BCUT2D eigenvalue weighted by Gasteiger charge is 2.41. The second-order valence-corrected chi connectivity index (χ2v) is 7.72. The highest BCUT2D eigenvalue weighted by Crippen LogP contribution is 2.40. The van der Waals surface area contributed by atoms with Crippen LogP contribution < -0.4 is 5.32 Å². The molecule has 0 radical (unpaired) electrons. The summed E-state index contributed by atoms with van der Waals surface area (Å²) in [5.74, 6) is 1.23. The molecule has 4 rings (SSSR count). The molecule has 0 aliphatic carbocycles. The number of benzene rings is 1. The van der Waals surface area contributed by atoms with Gasteiger partial charge in [-0.2, -0.15) is 0 Å². The summed E-state index contributed by atoms with van der Waals surface area (Å²) in [5, 5.41) is 4.10. The third kappa shape index (κ3) is 4.16. The molecule has 0 saturated carbocycles. The SMILES string of the molecule is CN(C)CCN1C(=S)N[C@H](c2ccccn2)[C@@H]1c1ccc(-c2ccc(F)cc2)o1. The second kappa shape index (κ2) is 8.31. The molecule has 1 aliphatic heterocycles. The summed E-state index contributed by atoms with van der Waals surface area (Å²) in [5.41, 5.74) is 1.74. The Labute approximate surface area is 175 Å². The predicted molar refractivity (Wildman–Crippen MR) is 115 cm³/mol. The van der Waals surface area contributed by atoms with E-state index >= 15 is 0 Å². The maximum atomic E-state index is 13.3. The zero-order valence-electron chi connectivity index (χ0n) is 16.4. The van der Waals surface area contributed by atoms with Crippen molar-refractivity contribution in [1.29, 1.82) is 0 Å². The van der Waals surface area contributed by atoms with Crippen LogP contribution in [0.25, 0.3) is 11.3 Å². The summed E-state index contributed by atoms with van der Waals surface area (Å²) < 4.78 is 19.5. The van der Waals surface area contributed by atoms with E-state index in [2.05, 4.69) is 20.1 Å². The lowest BCUT2D eigenvalue weighted by molar-refractivity contribution is 0.250. The molecule has 0 bridgehead atoms. The Morgan fingerprint density at radius 2 is 1.93 bits per heavy atom. The van der Waals surface area contributed by atoms with Gasteiger partial charge in [0.25, 0.3) is 0 Å². The molecule has 3 heterocycles. The molecule has 1 N–H and O–H groups in total. The highest BCUT2D eigenvalue weighted by molar-refractivity contribution is 7.80. The van der Waals surface area contributed by atoms with Crippen molar-refractivity contribution in [1.82, 2.24) is 20.1 Å². The molecule has 2 aromatic heterocycles. The first-order chi connectivity index (χ1) is 14.0. The van der Waals surface area contributed by atoms with Crippen LogP contribution in [0.2, 0.25) is 0 Å². The minimum absolute atomic E-state index is 0.113. The summed E-state index contributed by atoms with van der Waals surface area (Å²) in [6.45, 7) is 1.62. The second-order valence-electron chi connectivity index (χ2n) is 7.33. The van der Waals surface area contributed by atoms with E-state index in [0.717, 1.165) is 30.1 Å². The molecular weight excluding hydrogens is 387 g/mol. The van der Waals surface area contributed by atoms with E-state index < -0.39 is 0 Å². The number of pyridine rings is 1. The third-order valence-electron chi connectivity index (χ3n) is 5.03. The summed E-state index contributed by atoms with van der Waals surface area (Å²) >= 11 is 5.65. The fourth-order valence-corrected chi connectivity index (χ4v) is 3.88. The van der Waals surface area contributed by atoms with E-state index in [9.17, 15) is 4.39 Å². The van der Waals surface area contributed by atoms with Gasteiger partial charge in [-0.3, -0.25) is 4.98 Å². The average molecular weight is 411 g/mol. The summed E-state index contributed by atoms with van der Waals surface area (Å²) in [6, 6.07) is 15.8. The summed E-state index contributed by atoms with van der Waals surface area (Å²) in [4.78, 5) is 8.81. The minimum atomic E-state index is -0.268. The van der Waals surface area contributed by atoms with Crippen molar-refractivity contribution < 1.29 is 8.81 Å². The van der Waals surface area contributed by atoms with Gasteiger partial charge in [-0.1, -0.05) is 6.07 Å². The Morgan fingerprint density at radius 1 is 1.14 bits per heavy atom. The van der Waals surface area contributed by atoms with Gasteiger partial charge < -0.3 is 19.5 Å². The number of thiocarbonyl (C=S) groups is 1. The van der Waals surface area contributed by atoms with Crippen molar-refractivity contribution in [2.75, 3.05) is 27.2 Å². The van der Waals surface area contributed by atoms with E-state index in [1.165, 1.54) is 12.1 Å². The molecule has 0 amide bonds. The number of furan rings is 1. The van der Waals surface area contributed by atoms with Gasteiger partial charge in [0, 0.05) is 24.8 Å². The van der Waals surface area contributed by atoms with Gasteiger partial charge in [-0.25, -0.2) is 4.39 Å². The molecule has 5 nitrogen and oxygen atoms in total. The van der Waals surface area contributed by atoms with Crippen LogP contribution in [0.5, 0.6) is 0 Å². The molecular formula is C22H23FN4OS. The largest absolute Gasteiger partial charge is 0.459 e. The average Bonchev–Trinajstić information content (AvgIpc) is 3.32. The Bertz CT molecular complexity index is 974. The smallest absolute Gasteiger partial charge is 0.170 e. The third-order valence-corrected chi connectivity index (χ3v) is 5.39. The Kier molecular flexibility index (Phi) is 5.60.